The summed E-state index contributed by atoms with van der Waals surface area (Å²) in [5, 5.41) is 8.40. The Kier molecular flexibility index (Phi) is 3.51. The van der Waals surface area contributed by atoms with Crippen LogP contribution in [0.1, 0.15) is 35.9 Å². The molecule has 1 saturated carbocycles. The van der Waals surface area contributed by atoms with Crippen LogP contribution in [-0.2, 0) is 0 Å². The van der Waals surface area contributed by atoms with Crippen molar-refractivity contribution in [3.05, 3.63) is 65.5 Å². The van der Waals surface area contributed by atoms with Crippen LogP contribution in [0.5, 0.6) is 0 Å². The van der Waals surface area contributed by atoms with Crippen molar-refractivity contribution >= 4 is 28.4 Å². The van der Waals surface area contributed by atoms with Crippen LogP contribution in [0, 0.1) is 5.75 Å². The smallest absolute Gasteiger partial charge is 0.0670 e. The number of anilines is 1. The van der Waals surface area contributed by atoms with Crippen LogP contribution < -0.4 is 4.90 Å². The van der Waals surface area contributed by atoms with Gasteiger partial charge in [-0.05, 0) is 48.1 Å². The maximum absolute atomic E-state index is 4.14. The number of nitrogens with zero attached hydrogens (tertiary/aromatic N) is 2. The minimum absolute atomic E-state index is 0.425. The van der Waals surface area contributed by atoms with E-state index in [2.05, 4.69) is 63.3 Å². The third-order valence-corrected chi connectivity index (χ3v) is 6.04. The zero-order valence-corrected chi connectivity index (χ0v) is 14.3. The van der Waals surface area contributed by atoms with Crippen LogP contribution in [0.25, 0.3) is 10.9 Å². The number of aromatic nitrogens is 2. The van der Waals surface area contributed by atoms with Gasteiger partial charge in [-0.15, -0.1) is 0 Å². The van der Waals surface area contributed by atoms with Gasteiger partial charge >= 0.3 is 0 Å². The molecule has 2 aliphatic rings. The number of aromatic amines is 1. The lowest BCUT2D eigenvalue weighted by molar-refractivity contribution is 0.702. The van der Waals surface area contributed by atoms with Crippen LogP contribution in [0.2, 0.25) is 0 Å². The Hall–Kier alpha value is -1.94. The van der Waals surface area contributed by atoms with Gasteiger partial charge < -0.3 is 4.90 Å². The summed E-state index contributed by atoms with van der Waals surface area (Å²) in [5.41, 5.74) is 5.30. The lowest BCUT2D eigenvalue weighted by Gasteiger charge is -2.37. The summed E-state index contributed by atoms with van der Waals surface area (Å²) in [6, 6.07) is 16.4. The number of fused-ring (bicyclic) bond motifs is 1. The number of nitrogens with one attached hydrogen (secondary N) is 1. The third-order valence-electron chi connectivity index (χ3n) is 5.15. The van der Waals surface area contributed by atoms with E-state index < -0.39 is 0 Å². The van der Waals surface area contributed by atoms with E-state index in [1.54, 1.807) is 0 Å². The standard InChI is InChI=1S/C20H20N3S/c1-2-14(1)15-3-5-16(6-4-15)20-13-24-10-9-23(20)18-8-7-17-12-21-22-19(17)11-18/h3-8,10-12,14,20H,1-2,9,13H2,(H,21,22). The van der Waals surface area contributed by atoms with Gasteiger partial charge in [0.25, 0.3) is 0 Å². The molecule has 1 atom stereocenters. The molecule has 1 aliphatic heterocycles. The lowest BCUT2D eigenvalue weighted by Crippen LogP contribution is -2.34. The second-order valence-corrected chi connectivity index (χ2v) is 7.75. The van der Waals surface area contributed by atoms with E-state index in [0.717, 1.165) is 23.7 Å². The SMILES string of the molecule is [CH]1CN(c2ccc3cn[nH]c3c2)C(c2ccc(C3CC3)cc2)CS1. The van der Waals surface area contributed by atoms with Crippen LogP contribution in [0.4, 0.5) is 5.69 Å². The van der Waals surface area contributed by atoms with E-state index in [9.17, 15) is 0 Å². The molecule has 2 heterocycles. The zero-order valence-electron chi connectivity index (χ0n) is 13.5. The van der Waals surface area contributed by atoms with Crippen molar-refractivity contribution in [1.29, 1.82) is 0 Å². The minimum Gasteiger partial charge on any atom is -0.362 e. The summed E-state index contributed by atoms with van der Waals surface area (Å²) >= 11 is 1.94. The number of benzene rings is 2. The summed E-state index contributed by atoms with van der Waals surface area (Å²) in [5.74, 6) is 4.24. The average Bonchev–Trinajstić information content (AvgIpc) is 3.39. The lowest BCUT2D eigenvalue weighted by atomic mass is 10.0. The molecule has 2 fully saturated rings. The maximum atomic E-state index is 4.14. The second-order valence-electron chi connectivity index (χ2n) is 6.75. The Bertz CT molecular complexity index is 851. The van der Waals surface area contributed by atoms with Crippen molar-refractivity contribution in [1.82, 2.24) is 10.2 Å². The largest absolute Gasteiger partial charge is 0.362 e. The second kappa shape index (κ2) is 5.85. The molecule has 24 heavy (non-hydrogen) atoms. The molecule has 121 valence electrons. The monoisotopic (exact) mass is 334 g/mol. The molecule has 5 rings (SSSR count). The van der Waals surface area contributed by atoms with Gasteiger partial charge in [-0.2, -0.15) is 16.9 Å². The molecule has 1 unspecified atom stereocenters. The van der Waals surface area contributed by atoms with Gasteiger partial charge in [0.1, 0.15) is 0 Å². The number of hydrogen-bond acceptors (Lipinski definition) is 3. The highest BCUT2D eigenvalue weighted by Gasteiger charge is 2.27. The molecule has 0 bridgehead atoms. The maximum Gasteiger partial charge on any atom is 0.0670 e. The van der Waals surface area contributed by atoms with Gasteiger partial charge in [-0.25, -0.2) is 0 Å². The average molecular weight is 334 g/mol. The zero-order chi connectivity index (χ0) is 15.9. The Labute approximate surface area is 146 Å². The Morgan fingerprint density at radius 3 is 2.71 bits per heavy atom. The van der Waals surface area contributed by atoms with Crippen LogP contribution in [-0.4, -0.2) is 22.5 Å². The molecule has 3 aromatic rings. The van der Waals surface area contributed by atoms with E-state index in [1.165, 1.54) is 35.0 Å². The van der Waals surface area contributed by atoms with E-state index in [4.69, 9.17) is 0 Å². The first-order valence-electron chi connectivity index (χ1n) is 8.61. The fourth-order valence-corrected chi connectivity index (χ4v) is 4.54. The summed E-state index contributed by atoms with van der Waals surface area (Å²) < 4.78 is 0. The number of rotatable bonds is 3. The molecular weight excluding hydrogens is 314 g/mol. The van der Waals surface area contributed by atoms with Crippen molar-refractivity contribution in [2.45, 2.75) is 24.8 Å². The highest BCUT2D eigenvalue weighted by atomic mass is 32.2. The van der Waals surface area contributed by atoms with E-state index in [0.29, 0.717) is 6.04 Å². The first-order chi connectivity index (χ1) is 11.9. The van der Waals surface area contributed by atoms with Gasteiger partial charge in [0, 0.05) is 29.1 Å². The molecular formula is C20H20N3S. The predicted molar refractivity (Wildman–Crippen MR) is 101 cm³/mol. The molecule has 4 heteroatoms. The van der Waals surface area contributed by atoms with E-state index >= 15 is 0 Å². The van der Waals surface area contributed by atoms with Crippen molar-refractivity contribution in [3.63, 3.8) is 0 Å². The Balaban J connectivity index is 1.47. The van der Waals surface area contributed by atoms with Crippen molar-refractivity contribution in [3.8, 4) is 0 Å². The number of thioether (sulfide) groups is 1. The molecule has 0 amide bonds. The van der Waals surface area contributed by atoms with Crippen molar-refractivity contribution in [2.24, 2.45) is 0 Å². The Morgan fingerprint density at radius 1 is 1.04 bits per heavy atom. The molecule has 1 aliphatic carbocycles. The van der Waals surface area contributed by atoms with Gasteiger partial charge in [-0.3, -0.25) is 5.10 Å². The summed E-state index contributed by atoms with van der Waals surface area (Å²) in [6.07, 6.45) is 4.61. The number of H-pyrrole nitrogens is 1. The topological polar surface area (TPSA) is 31.9 Å². The third kappa shape index (κ3) is 2.59. The van der Waals surface area contributed by atoms with Crippen LogP contribution in [0.15, 0.2) is 48.7 Å². The van der Waals surface area contributed by atoms with Gasteiger partial charge in [0.05, 0.1) is 17.8 Å². The summed E-state index contributed by atoms with van der Waals surface area (Å²) in [7, 11) is 0. The molecule has 1 N–H and O–H groups in total. The van der Waals surface area contributed by atoms with Gasteiger partial charge in [-0.1, -0.05) is 24.3 Å². The normalized spacial score (nSPS) is 21.3. The number of hydrogen-bond donors (Lipinski definition) is 1. The van der Waals surface area contributed by atoms with Crippen molar-refractivity contribution < 1.29 is 0 Å². The van der Waals surface area contributed by atoms with Crippen LogP contribution in [0.3, 0.4) is 0 Å². The Morgan fingerprint density at radius 2 is 1.88 bits per heavy atom. The summed E-state index contributed by atoms with van der Waals surface area (Å²) in [4.78, 5) is 2.50. The molecule has 3 nitrogen and oxygen atoms in total. The minimum atomic E-state index is 0.425. The van der Waals surface area contributed by atoms with Gasteiger partial charge in [0.15, 0.2) is 0 Å². The fraction of sp³-hybridized carbons (Fsp3) is 0.300. The van der Waals surface area contributed by atoms with E-state index in [1.807, 2.05) is 18.0 Å². The first-order valence-corrected chi connectivity index (χ1v) is 9.66. The van der Waals surface area contributed by atoms with Crippen LogP contribution >= 0.6 is 11.8 Å². The predicted octanol–water partition coefficient (Wildman–Crippen LogP) is 4.90. The molecule has 1 aromatic heterocycles. The van der Waals surface area contributed by atoms with Gasteiger partial charge in [0.2, 0.25) is 0 Å². The highest BCUT2D eigenvalue weighted by molar-refractivity contribution is 8.01. The fourth-order valence-electron chi connectivity index (χ4n) is 3.58. The molecule has 2 aromatic carbocycles. The molecule has 0 spiro atoms. The van der Waals surface area contributed by atoms with Crippen molar-refractivity contribution in [2.75, 3.05) is 17.2 Å². The quantitative estimate of drug-likeness (QED) is 0.739. The summed E-state index contributed by atoms with van der Waals surface area (Å²) in [6.45, 7) is 0.972. The molecule has 1 saturated heterocycles. The highest BCUT2D eigenvalue weighted by Crippen LogP contribution is 2.41. The molecule has 1 radical (unpaired) electrons. The first kappa shape index (κ1) is 14.4. The van der Waals surface area contributed by atoms with E-state index in [-0.39, 0.29) is 0 Å².